The highest BCUT2D eigenvalue weighted by atomic mass is 79.9. The van der Waals surface area contributed by atoms with E-state index in [0.29, 0.717) is 12.1 Å². The topological polar surface area (TPSA) is 12.0 Å². The van der Waals surface area contributed by atoms with Crippen LogP contribution >= 0.6 is 15.9 Å². The Morgan fingerprint density at radius 1 is 1.22 bits per heavy atom. The summed E-state index contributed by atoms with van der Waals surface area (Å²) >= 11 is 3.55. The van der Waals surface area contributed by atoms with Crippen molar-refractivity contribution in [3.8, 4) is 0 Å². The molecule has 0 heterocycles. The zero-order chi connectivity index (χ0) is 13.1. The molecule has 3 atom stereocenters. The quantitative estimate of drug-likeness (QED) is 0.835. The van der Waals surface area contributed by atoms with Crippen molar-refractivity contribution in [3.63, 3.8) is 0 Å². The van der Waals surface area contributed by atoms with Gasteiger partial charge in [0.15, 0.2) is 0 Å². The van der Waals surface area contributed by atoms with E-state index in [4.69, 9.17) is 0 Å². The van der Waals surface area contributed by atoms with E-state index in [9.17, 15) is 0 Å². The van der Waals surface area contributed by atoms with Crippen LogP contribution in [0.5, 0.6) is 0 Å². The Labute approximate surface area is 119 Å². The Morgan fingerprint density at radius 2 is 1.89 bits per heavy atom. The molecular weight excluding hydrogens is 286 g/mol. The minimum absolute atomic E-state index is 0.426. The second-order valence-electron chi connectivity index (χ2n) is 5.85. The lowest BCUT2D eigenvalue weighted by molar-refractivity contribution is 0.196. The van der Waals surface area contributed by atoms with E-state index >= 15 is 0 Å². The first-order valence-electron chi connectivity index (χ1n) is 7.09. The molecule has 1 aliphatic carbocycles. The predicted molar refractivity (Wildman–Crippen MR) is 81.7 cm³/mol. The molecule has 0 saturated heterocycles. The minimum Gasteiger partial charge on any atom is -0.307 e. The van der Waals surface area contributed by atoms with E-state index in [1.165, 1.54) is 29.3 Å². The Hall–Kier alpha value is -0.340. The van der Waals surface area contributed by atoms with Crippen molar-refractivity contribution in [1.82, 2.24) is 5.32 Å². The van der Waals surface area contributed by atoms with Crippen LogP contribution in [0.2, 0.25) is 0 Å². The lowest BCUT2D eigenvalue weighted by Crippen LogP contribution is -2.43. The maximum atomic E-state index is 3.84. The van der Waals surface area contributed by atoms with Crippen LogP contribution in [-0.4, -0.2) is 6.04 Å². The molecular formula is C16H24BrN. The first kappa shape index (κ1) is 14.1. The fraction of sp³-hybridized carbons (Fsp3) is 0.625. The molecule has 0 radical (unpaired) electrons. The Bertz CT molecular complexity index is 380. The van der Waals surface area contributed by atoms with Gasteiger partial charge in [-0.25, -0.2) is 0 Å². The first-order chi connectivity index (χ1) is 8.58. The van der Waals surface area contributed by atoms with Crippen molar-refractivity contribution >= 4 is 15.9 Å². The van der Waals surface area contributed by atoms with Crippen LogP contribution in [0.4, 0.5) is 0 Å². The number of halogens is 1. The third-order valence-corrected chi connectivity index (χ3v) is 4.83. The molecule has 1 aromatic rings. The standard InChI is InChI=1S/C16H24BrN/c1-11-6-4-7-12(2)16(11)18-13(3)14-8-5-9-15(17)10-14/h5,8-13,16,18H,4,6-7H2,1-3H3. The molecule has 1 N–H and O–H groups in total. The van der Waals surface area contributed by atoms with Crippen LogP contribution in [-0.2, 0) is 0 Å². The number of nitrogens with one attached hydrogen (secondary N) is 1. The summed E-state index contributed by atoms with van der Waals surface area (Å²) < 4.78 is 1.17. The summed E-state index contributed by atoms with van der Waals surface area (Å²) in [6.45, 7) is 7.05. The summed E-state index contributed by atoms with van der Waals surface area (Å²) in [6.07, 6.45) is 4.13. The third-order valence-electron chi connectivity index (χ3n) is 4.34. The van der Waals surface area contributed by atoms with E-state index in [1.54, 1.807) is 0 Å². The molecule has 0 amide bonds. The molecule has 0 bridgehead atoms. The molecule has 1 aliphatic rings. The lowest BCUT2D eigenvalue weighted by atomic mass is 9.78. The molecule has 0 aliphatic heterocycles. The van der Waals surface area contributed by atoms with Gasteiger partial charge in [0.25, 0.3) is 0 Å². The maximum Gasteiger partial charge on any atom is 0.0294 e. The zero-order valence-electron chi connectivity index (χ0n) is 11.6. The van der Waals surface area contributed by atoms with Crippen molar-refractivity contribution in [2.24, 2.45) is 11.8 Å². The number of rotatable bonds is 3. The minimum atomic E-state index is 0.426. The fourth-order valence-electron chi connectivity index (χ4n) is 3.17. The second-order valence-corrected chi connectivity index (χ2v) is 6.77. The van der Waals surface area contributed by atoms with Gasteiger partial charge in [0.2, 0.25) is 0 Å². The van der Waals surface area contributed by atoms with Gasteiger partial charge in [0, 0.05) is 16.6 Å². The molecule has 2 heteroatoms. The number of benzene rings is 1. The molecule has 0 aromatic heterocycles. The van der Waals surface area contributed by atoms with Crippen molar-refractivity contribution in [3.05, 3.63) is 34.3 Å². The number of hydrogen-bond donors (Lipinski definition) is 1. The van der Waals surface area contributed by atoms with Gasteiger partial charge in [-0.15, -0.1) is 0 Å². The summed E-state index contributed by atoms with van der Waals surface area (Å²) in [6, 6.07) is 9.72. The SMILES string of the molecule is CC(NC1C(C)CCCC1C)c1cccc(Br)c1. The summed E-state index contributed by atoms with van der Waals surface area (Å²) in [5, 5.41) is 3.84. The van der Waals surface area contributed by atoms with Gasteiger partial charge in [-0.2, -0.15) is 0 Å². The third kappa shape index (κ3) is 3.36. The molecule has 100 valence electrons. The molecule has 1 saturated carbocycles. The van der Waals surface area contributed by atoms with Crippen LogP contribution in [0, 0.1) is 11.8 Å². The monoisotopic (exact) mass is 309 g/mol. The Morgan fingerprint density at radius 3 is 2.50 bits per heavy atom. The summed E-state index contributed by atoms with van der Waals surface area (Å²) in [5.74, 6) is 1.59. The van der Waals surface area contributed by atoms with Crippen molar-refractivity contribution in [2.75, 3.05) is 0 Å². The van der Waals surface area contributed by atoms with Gasteiger partial charge >= 0.3 is 0 Å². The van der Waals surface area contributed by atoms with Crippen LogP contribution in [0.3, 0.4) is 0 Å². The molecule has 1 aromatic carbocycles. The molecule has 0 spiro atoms. The van der Waals surface area contributed by atoms with Crippen LogP contribution < -0.4 is 5.32 Å². The van der Waals surface area contributed by atoms with Gasteiger partial charge in [-0.3, -0.25) is 0 Å². The summed E-state index contributed by atoms with van der Waals surface area (Å²) in [4.78, 5) is 0. The average Bonchev–Trinajstić information content (AvgIpc) is 2.34. The van der Waals surface area contributed by atoms with Gasteiger partial charge in [-0.1, -0.05) is 48.3 Å². The van der Waals surface area contributed by atoms with Crippen LogP contribution in [0.25, 0.3) is 0 Å². The second kappa shape index (κ2) is 6.21. The highest BCUT2D eigenvalue weighted by Gasteiger charge is 2.28. The van der Waals surface area contributed by atoms with E-state index < -0.39 is 0 Å². The first-order valence-corrected chi connectivity index (χ1v) is 7.88. The van der Waals surface area contributed by atoms with Crippen LogP contribution in [0.15, 0.2) is 28.7 Å². The van der Waals surface area contributed by atoms with Crippen molar-refractivity contribution in [2.45, 2.75) is 52.1 Å². The summed E-state index contributed by atoms with van der Waals surface area (Å²) in [5.41, 5.74) is 1.37. The Balaban J connectivity index is 2.04. The zero-order valence-corrected chi connectivity index (χ0v) is 13.2. The van der Waals surface area contributed by atoms with Crippen molar-refractivity contribution < 1.29 is 0 Å². The maximum absolute atomic E-state index is 3.84. The predicted octanol–water partition coefficient (Wildman–Crippen LogP) is 4.92. The summed E-state index contributed by atoms with van der Waals surface area (Å²) in [7, 11) is 0. The van der Waals surface area contributed by atoms with E-state index in [-0.39, 0.29) is 0 Å². The highest BCUT2D eigenvalue weighted by molar-refractivity contribution is 9.10. The smallest absolute Gasteiger partial charge is 0.0294 e. The van der Waals surface area contributed by atoms with Crippen LogP contribution in [0.1, 0.15) is 51.6 Å². The molecule has 18 heavy (non-hydrogen) atoms. The molecule has 1 fully saturated rings. The average molecular weight is 310 g/mol. The molecule has 3 unspecified atom stereocenters. The van der Waals surface area contributed by atoms with Gasteiger partial charge in [-0.05, 0) is 49.3 Å². The molecule has 2 rings (SSSR count). The van der Waals surface area contributed by atoms with E-state index in [1.807, 2.05) is 0 Å². The van der Waals surface area contributed by atoms with E-state index in [2.05, 4.69) is 66.3 Å². The van der Waals surface area contributed by atoms with Gasteiger partial charge in [0.1, 0.15) is 0 Å². The van der Waals surface area contributed by atoms with E-state index in [0.717, 1.165) is 11.8 Å². The molecule has 1 nitrogen and oxygen atoms in total. The highest BCUT2D eigenvalue weighted by Crippen LogP contribution is 2.30. The Kier molecular flexibility index (Phi) is 4.85. The normalized spacial score (nSPS) is 30.1. The largest absolute Gasteiger partial charge is 0.307 e. The van der Waals surface area contributed by atoms with Gasteiger partial charge < -0.3 is 5.32 Å². The van der Waals surface area contributed by atoms with Gasteiger partial charge in [0.05, 0.1) is 0 Å². The van der Waals surface area contributed by atoms with Crippen molar-refractivity contribution in [1.29, 1.82) is 0 Å². The lowest BCUT2D eigenvalue weighted by Gasteiger charge is -2.37. The fourth-order valence-corrected chi connectivity index (χ4v) is 3.59. The number of hydrogen-bond acceptors (Lipinski definition) is 1.